The molecular formula is C14H20N4O2S. The van der Waals surface area contributed by atoms with Gasteiger partial charge in [0.25, 0.3) is 0 Å². The van der Waals surface area contributed by atoms with E-state index in [1.807, 2.05) is 19.3 Å². The zero-order chi connectivity index (χ0) is 15.0. The van der Waals surface area contributed by atoms with Crippen LogP contribution < -0.4 is 4.90 Å². The van der Waals surface area contributed by atoms with Crippen LogP contribution >= 0.6 is 0 Å². The molecular weight excluding hydrogens is 288 g/mol. The van der Waals surface area contributed by atoms with Crippen LogP contribution in [0, 0.1) is 5.92 Å². The fourth-order valence-corrected chi connectivity index (χ4v) is 4.17. The highest BCUT2D eigenvalue weighted by Gasteiger charge is 2.35. The van der Waals surface area contributed by atoms with Crippen molar-refractivity contribution in [2.75, 3.05) is 23.5 Å². The van der Waals surface area contributed by atoms with Crippen molar-refractivity contribution in [2.24, 2.45) is 5.92 Å². The van der Waals surface area contributed by atoms with E-state index in [-0.39, 0.29) is 11.7 Å². The largest absolute Gasteiger partial charge is 0.356 e. The van der Waals surface area contributed by atoms with Crippen molar-refractivity contribution in [1.82, 2.24) is 15.0 Å². The van der Waals surface area contributed by atoms with Gasteiger partial charge in [-0.05, 0) is 24.8 Å². The molecule has 0 aliphatic heterocycles. The summed E-state index contributed by atoms with van der Waals surface area (Å²) in [6.45, 7) is 1.71. The Morgan fingerprint density at radius 3 is 2.86 bits per heavy atom. The third-order valence-electron chi connectivity index (χ3n) is 4.36. The molecule has 2 aromatic heterocycles. The summed E-state index contributed by atoms with van der Waals surface area (Å²) in [4.78, 5) is 13.8. The lowest BCUT2D eigenvalue weighted by atomic mass is 9.81. The SMILES string of the molecule is CCS(=O)(=O)CC1CC(N(C)c2ncnc3[nH]ccc23)C1. The van der Waals surface area contributed by atoms with Gasteiger partial charge in [-0.25, -0.2) is 18.4 Å². The minimum absolute atomic E-state index is 0.236. The molecule has 0 bridgehead atoms. The van der Waals surface area contributed by atoms with Gasteiger partial charge in [0.1, 0.15) is 27.6 Å². The Morgan fingerprint density at radius 2 is 2.14 bits per heavy atom. The van der Waals surface area contributed by atoms with Gasteiger partial charge >= 0.3 is 0 Å². The predicted molar refractivity (Wildman–Crippen MR) is 83.1 cm³/mol. The first-order chi connectivity index (χ1) is 10.00. The topological polar surface area (TPSA) is 79.0 Å². The molecule has 2 heterocycles. The van der Waals surface area contributed by atoms with E-state index < -0.39 is 9.84 Å². The zero-order valence-corrected chi connectivity index (χ0v) is 13.1. The van der Waals surface area contributed by atoms with E-state index in [1.165, 1.54) is 0 Å². The number of H-pyrrole nitrogens is 1. The van der Waals surface area contributed by atoms with Crippen molar-refractivity contribution in [1.29, 1.82) is 0 Å². The fourth-order valence-electron chi connectivity index (χ4n) is 2.94. The van der Waals surface area contributed by atoms with Gasteiger partial charge in [-0.1, -0.05) is 6.92 Å². The van der Waals surface area contributed by atoms with E-state index in [0.29, 0.717) is 11.8 Å². The number of aromatic amines is 1. The minimum atomic E-state index is -2.87. The number of sulfone groups is 1. The minimum Gasteiger partial charge on any atom is -0.356 e. The second-order valence-electron chi connectivity index (χ2n) is 5.74. The summed E-state index contributed by atoms with van der Waals surface area (Å²) in [5.74, 6) is 1.74. The first-order valence-electron chi connectivity index (χ1n) is 7.21. The molecule has 6 nitrogen and oxygen atoms in total. The fraction of sp³-hybridized carbons (Fsp3) is 0.571. The first-order valence-corrected chi connectivity index (χ1v) is 9.03. The summed E-state index contributed by atoms with van der Waals surface area (Å²) in [5, 5.41) is 1.00. The molecule has 0 spiro atoms. The number of nitrogens with zero attached hydrogens (tertiary/aromatic N) is 3. The normalized spacial score (nSPS) is 22.2. The number of hydrogen-bond donors (Lipinski definition) is 1. The molecule has 1 aliphatic rings. The van der Waals surface area contributed by atoms with Crippen molar-refractivity contribution in [3.05, 3.63) is 18.6 Å². The Hall–Kier alpha value is -1.63. The number of hydrogen-bond acceptors (Lipinski definition) is 5. The van der Waals surface area contributed by atoms with Crippen LogP contribution in [0.15, 0.2) is 18.6 Å². The van der Waals surface area contributed by atoms with Crippen molar-refractivity contribution in [3.8, 4) is 0 Å². The van der Waals surface area contributed by atoms with Crippen LogP contribution in [0.5, 0.6) is 0 Å². The van der Waals surface area contributed by atoms with Gasteiger partial charge < -0.3 is 9.88 Å². The molecule has 0 unspecified atom stereocenters. The van der Waals surface area contributed by atoms with Crippen LogP contribution in [0.3, 0.4) is 0 Å². The van der Waals surface area contributed by atoms with Gasteiger partial charge in [0.05, 0.1) is 11.1 Å². The molecule has 0 radical (unpaired) electrons. The molecule has 7 heteroatoms. The molecule has 0 amide bonds. The lowest BCUT2D eigenvalue weighted by Crippen LogP contribution is -2.45. The van der Waals surface area contributed by atoms with Crippen molar-refractivity contribution < 1.29 is 8.42 Å². The maximum Gasteiger partial charge on any atom is 0.150 e. The van der Waals surface area contributed by atoms with Gasteiger partial charge in [-0.15, -0.1) is 0 Å². The van der Waals surface area contributed by atoms with E-state index in [9.17, 15) is 8.42 Å². The second-order valence-corrected chi connectivity index (χ2v) is 8.14. The lowest BCUT2D eigenvalue weighted by molar-refractivity contribution is 0.282. The van der Waals surface area contributed by atoms with E-state index in [2.05, 4.69) is 19.9 Å². The third kappa shape index (κ3) is 2.74. The molecule has 1 aliphatic carbocycles. The van der Waals surface area contributed by atoms with Gasteiger partial charge in [-0.2, -0.15) is 0 Å². The maximum absolute atomic E-state index is 11.7. The van der Waals surface area contributed by atoms with Gasteiger partial charge in [-0.3, -0.25) is 0 Å². The molecule has 2 aromatic rings. The standard InChI is InChI=1S/C14H20N4O2S/c1-3-21(19,20)8-10-6-11(7-10)18(2)14-12-4-5-15-13(12)16-9-17-14/h4-5,9-11H,3,6-8H2,1-2H3,(H,15,16,17). The van der Waals surface area contributed by atoms with E-state index in [4.69, 9.17) is 0 Å². The Balaban J connectivity index is 1.68. The molecule has 0 atom stereocenters. The Kier molecular flexibility index (Phi) is 3.61. The van der Waals surface area contributed by atoms with Gasteiger partial charge in [0.2, 0.25) is 0 Å². The van der Waals surface area contributed by atoms with Crippen molar-refractivity contribution in [3.63, 3.8) is 0 Å². The highest BCUT2D eigenvalue weighted by molar-refractivity contribution is 7.91. The highest BCUT2D eigenvalue weighted by atomic mass is 32.2. The summed E-state index contributed by atoms with van der Waals surface area (Å²) in [5.41, 5.74) is 0.830. The van der Waals surface area contributed by atoms with E-state index in [0.717, 1.165) is 29.7 Å². The van der Waals surface area contributed by atoms with E-state index >= 15 is 0 Å². The Bertz CT molecular complexity index is 734. The summed E-state index contributed by atoms with van der Waals surface area (Å²) >= 11 is 0. The predicted octanol–water partition coefficient (Wildman–Crippen LogP) is 1.61. The van der Waals surface area contributed by atoms with Crippen molar-refractivity contribution >= 4 is 26.7 Å². The molecule has 0 saturated heterocycles. The van der Waals surface area contributed by atoms with Crippen LogP contribution in [0.2, 0.25) is 0 Å². The maximum atomic E-state index is 11.7. The Labute approximate surface area is 124 Å². The van der Waals surface area contributed by atoms with Crippen LogP contribution in [0.1, 0.15) is 19.8 Å². The third-order valence-corrected chi connectivity index (χ3v) is 6.21. The number of fused-ring (bicyclic) bond motifs is 1. The van der Waals surface area contributed by atoms with Crippen LogP contribution in [0.25, 0.3) is 11.0 Å². The van der Waals surface area contributed by atoms with Crippen LogP contribution in [0.4, 0.5) is 5.82 Å². The zero-order valence-electron chi connectivity index (χ0n) is 12.3. The highest BCUT2D eigenvalue weighted by Crippen LogP contribution is 2.35. The summed E-state index contributed by atoms with van der Waals surface area (Å²) in [6.07, 6.45) is 5.23. The van der Waals surface area contributed by atoms with Crippen LogP contribution in [-0.2, 0) is 9.84 Å². The second kappa shape index (κ2) is 5.29. The number of nitrogens with one attached hydrogen (secondary N) is 1. The van der Waals surface area contributed by atoms with Gasteiger partial charge in [0, 0.05) is 25.0 Å². The number of anilines is 1. The average Bonchev–Trinajstić information content (AvgIpc) is 2.90. The molecule has 1 N–H and O–H groups in total. The molecule has 0 aromatic carbocycles. The molecule has 21 heavy (non-hydrogen) atoms. The van der Waals surface area contributed by atoms with Crippen molar-refractivity contribution in [2.45, 2.75) is 25.8 Å². The average molecular weight is 308 g/mol. The number of aromatic nitrogens is 3. The molecule has 1 fully saturated rings. The summed E-state index contributed by atoms with van der Waals surface area (Å²) in [6, 6.07) is 2.33. The molecule has 3 rings (SSSR count). The first kappa shape index (κ1) is 14.3. The molecule has 114 valence electrons. The Morgan fingerprint density at radius 1 is 1.38 bits per heavy atom. The quantitative estimate of drug-likeness (QED) is 0.908. The molecule has 1 saturated carbocycles. The van der Waals surface area contributed by atoms with Crippen LogP contribution in [-0.4, -0.2) is 48.0 Å². The summed E-state index contributed by atoms with van der Waals surface area (Å²) in [7, 11) is -0.850. The monoisotopic (exact) mass is 308 g/mol. The van der Waals surface area contributed by atoms with Gasteiger partial charge in [0.15, 0.2) is 0 Å². The van der Waals surface area contributed by atoms with E-state index in [1.54, 1.807) is 13.3 Å². The lowest BCUT2D eigenvalue weighted by Gasteiger charge is -2.41. The summed E-state index contributed by atoms with van der Waals surface area (Å²) < 4.78 is 23.3. The smallest absolute Gasteiger partial charge is 0.150 e. The number of rotatable bonds is 5.